The van der Waals surface area contributed by atoms with E-state index in [4.69, 9.17) is 24.3 Å². The maximum absolute atomic E-state index is 12.8. The van der Waals surface area contributed by atoms with Gasteiger partial charge in [0.25, 0.3) is 5.91 Å². The topological polar surface area (TPSA) is 141 Å². The molecule has 0 atom stereocenters. The number of amides is 1. The Morgan fingerprint density at radius 2 is 1.38 bits per heavy atom. The number of hydrogen-bond donors (Lipinski definition) is 3. The summed E-state index contributed by atoms with van der Waals surface area (Å²) in [6.45, 7) is 9.66. The molecule has 2 aliphatic rings. The van der Waals surface area contributed by atoms with E-state index in [9.17, 15) is 4.79 Å². The molecular weight excluding hydrogens is 602 g/mol. The van der Waals surface area contributed by atoms with Crippen LogP contribution in [-0.4, -0.2) is 60.3 Å². The molecule has 2 fully saturated rings. The molecule has 2 aliphatic heterocycles. The van der Waals surface area contributed by atoms with Gasteiger partial charge < -0.3 is 25.6 Å². The van der Waals surface area contributed by atoms with Crippen LogP contribution in [-0.2, 0) is 24.3 Å². The van der Waals surface area contributed by atoms with Crippen LogP contribution in [0.4, 0.5) is 23.5 Å². The van der Waals surface area contributed by atoms with Crippen LogP contribution in [0.1, 0.15) is 65.0 Å². The number of rotatable bonds is 11. The molecule has 0 radical (unpaired) electrons. The number of benzene rings is 3. The summed E-state index contributed by atoms with van der Waals surface area (Å²) in [7, 11) is 0. The Bertz CT molecular complexity index is 1610. The number of ether oxygens (including phenoxy) is 1. The molecule has 0 unspecified atom stereocenters. The van der Waals surface area contributed by atoms with Crippen molar-refractivity contribution in [3.8, 4) is 0 Å². The number of morpholine rings is 1. The second-order valence-corrected chi connectivity index (χ2v) is 11.5. The number of carbonyl (C=O) groups is 1. The number of aryl methyl sites for hydroxylation is 1. The molecule has 47 heavy (non-hydrogen) atoms. The van der Waals surface area contributed by atoms with Crippen LogP contribution in [0, 0.1) is 6.92 Å². The molecule has 1 amide bonds. The van der Waals surface area contributed by atoms with Crippen molar-refractivity contribution in [3.63, 3.8) is 0 Å². The summed E-state index contributed by atoms with van der Waals surface area (Å²) >= 11 is 0. The van der Waals surface area contributed by atoms with Crippen molar-refractivity contribution in [1.29, 1.82) is 0 Å². The number of hydrogen-bond acceptors (Lipinski definition) is 12. The molecule has 3 aromatic carbocycles. The minimum atomic E-state index is -0.889. The van der Waals surface area contributed by atoms with Crippen molar-refractivity contribution in [1.82, 2.24) is 20.3 Å². The molecule has 0 aliphatic carbocycles. The van der Waals surface area contributed by atoms with E-state index in [1.54, 1.807) is 24.3 Å². The Hall–Kier alpha value is -4.66. The van der Waals surface area contributed by atoms with E-state index < -0.39 is 12.6 Å². The van der Waals surface area contributed by atoms with Gasteiger partial charge in [0.1, 0.15) is 0 Å². The molecule has 246 valence electrons. The van der Waals surface area contributed by atoms with Crippen molar-refractivity contribution >= 4 is 29.4 Å². The molecule has 0 saturated carbocycles. The van der Waals surface area contributed by atoms with Gasteiger partial charge in [-0.25, -0.2) is 0 Å². The second kappa shape index (κ2) is 15.3. The highest BCUT2D eigenvalue weighted by atomic mass is 17.4. The molecule has 6 rings (SSSR count). The summed E-state index contributed by atoms with van der Waals surface area (Å²) in [6.07, 6.45) is -1.68. The van der Waals surface area contributed by atoms with Crippen molar-refractivity contribution in [3.05, 3.63) is 101 Å². The lowest BCUT2D eigenvalue weighted by Gasteiger charge is -2.27. The number of anilines is 4. The third kappa shape index (κ3) is 8.58. The Balaban J connectivity index is 1.01. The quantitative estimate of drug-likeness (QED) is 0.144. The predicted molar refractivity (Wildman–Crippen MR) is 175 cm³/mol. The molecule has 3 heterocycles. The van der Waals surface area contributed by atoms with Gasteiger partial charge in [-0.2, -0.15) is 34.5 Å². The van der Waals surface area contributed by atoms with Crippen molar-refractivity contribution in [2.24, 2.45) is 0 Å². The van der Waals surface area contributed by atoms with Crippen LogP contribution in [0.25, 0.3) is 0 Å². The van der Waals surface area contributed by atoms with Crippen molar-refractivity contribution in [2.45, 2.75) is 39.3 Å². The van der Waals surface area contributed by atoms with Crippen molar-refractivity contribution < 1.29 is 29.1 Å². The molecule has 2 saturated heterocycles. The summed E-state index contributed by atoms with van der Waals surface area (Å²) in [6, 6.07) is 22.7. The van der Waals surface area contributed by atoms with Gasteiger partial charge in [-0.3, -0.25) is 4.79 Å². The monoisotopic (exact) mass is 641 g/mol. The summed E-state index contributed by atoms with van der Waals surface area (Å²) in [5.74, 6) is 1.61. The molecule has 1 aromatic heterocycles. The molecule has 0 spiro atoms. The Morgan fingerprint density at radius 1 is 0.787 bits per heavy atom. The smallest absolute Gasteiger partial charge is 0.251 e. The lowest BCUT2D eigenvalue weighted by atomic mass is 10.0. The first kappa shape index (κ1) is 32.3. The van der Waals surface area contributed by atoms with E-state index >= 15 is 0 Å². The van der Waals surface area contributed by atoms with Crippen LogP contribution in [0.2, 0.25) is 0 Å². The third-order valence-electron chi connectivity index (χ3n) is 7.70. The van der Waals surface area contributed by atoms with Gasteiger partial charge in [0, 0.05) is 48.6 Å². The number of carbonyl (C=O) groups excluding carboxylic acids is 1. The van der Waals surface area contributed by atoms with Crippen LogP contribution >= 0.6 is 0 Å². The van der Waals surface area contributed by atoms with Gasteiger partial charge in [-0.15, -0.1) is 0 Å². The van der Waals surface area contributed by atoms with E-state index in [1.807, 2.05) is 43.3 Å². The van der Waals surface area contributed by atoms with Gasteiger partial charge in [-0.05, 0) is 42.7 Å². The minimum Gasteiger partial charge on any atom is -0.378 e. The fourth-order valence-electron chi connectivity index (χ4n) is 4.91. The van der Waals surface area contributed by atoms with E-state index in [0.717, 1.165) is 16.8 Å². The van der Waals surface area contributed by atoms with E-state index in [0.29, 0.717) is 74.3 Å². The van der Waals surface area contributed by atoms with Gasteiger partial charge in [0.15, 0.2) is 0 Å². The maximum Gasteiger partial charge on any atom is 0.251 e. The van der Waals surface area contributed by atoms with Gasteiger partial charge in [0.05, 0.1) is 13.2 Å². The largest absolute Gasteiger partial charge is 0.378 e. The van der Waals surface area contributed by atoms with Crippen LogP contribution in [0.3, 0.4) is 0 Å². The van der Waals surface area contributed by atoms with Crippen LogP contribution < -0.4 is 20.9 Å². The Morgan fingerprint density at radius 3 is 2.00 bits per heavy atom. The summed E-state index contributed by atoms with van der Waals surface area (Å²) < 4.78 is 5.50. The number of aromatic nitrogens is 3. The van der Waals surface area contributed by atoms with E-state index in [1.165, 1.54) is 5.56 Å². The highest BCUT2D eigenvalue weighted by molar-refractivity contribution is 5.94. The molecule has 13 heteroatoms. The SMILES string of the molecule is Cc1ccc(C2OOC(c3ccc(C(=O)NCCNc4nc(Nc5ccc(C(C)C)cc5)nc(N5CCOCC5)n4)cc3)OO2)cc1. The first-order chi connectivity index (χ1) is 22.9. The number of nitrogens with zero attached hydrogens (tertiary/aromatic N) is 4. The molecule has 0 bridgehead atoms. The molecule has 13 nitrogen and oxygen atoms in total. The van der Waals surface area contributed by atoms with E-state index in [2.05, 4.69) is 61.8 Å². The summed E-state index contributed by atoms with van der Waals surface area (Å²) in [5.41, 5.74) is 5.14. The fourth-order valence-corrected chi connectivity index (χ4v) is 4.91. The lowest BCUT2D eigenvalue weighted by molar-refractivity contribution is -0.600. The second-order valence-electron chi connectivity index (χ2n) is 11.5. The Labute approximate surface area is 273 Å². The molecular formula is C34H39N7O6. The minimum absolute atomic E-state index is 0.229. The molecule has 3 N–H and O–H groups in total. The molecule has 4 aromatic rings. The summed E-state index contributed by atoms with van der Waals surface area (Å²) in [4.78, 5) is 50.3. The van der Waals surface area contributed by atoms with Crippen LogP contribution in [0.15, 0.2) is 72.8 Å². The van der Waals surface area contributed by atoms with Gasteiger partial charge in [-0.1, -0.05) is 67.9 Å². The Kier molecular flexibility index (Phi) is 10.5. The zero-order chi connectivity index (χ0) is 32.6. The highest BCUT2D eigenvalue weighted by Gasteiger charge is 2.28. The standard InChI is InChI=1S/C34H39N7O6/c1-22(2)24-12-14-28(15-13-24)37-33-38-32(39-34(40-33)41-18-20-43-21-19-41)36-17-16-35-29(42)25-8-10-27(11-9-25)31-46-44-30(45-47-31)26-6-4-23(3)5-7-26/h4-15,22,30-31H,16-21H2,1-3H3,(H,35,42)(H2,36,37,38,39,40). The zero-order valence-corrected chi connectivity index (χ0v) is 26.6. The normalized spacial score (nSPS) is 18.2. The predicted octanol–water partition coefficient (Wildman–Crippen LogP) is 5.33. The summed E-state index contributed by atoms with van der Waals surface area (Å²) in [5, 5.41) is 9.43. The van der Waals surface area contributed by atoms with Crippen LogP contribution in [0.5, 0.6) is 0 Å². The fraction of sp³-hybridized carbons (Fsp3) is 0.353. The van der Waals surface area contributed by atoms with Crippen molar-refractivity contribution in [2.75, 3.05) is 54.9 Å². The third-order valence-corrected chi connectivity index (χ3v) is 7.70. The van der Waals surface area contributed by atoms with Gasteiger partial charge in [0.2, 0.25) is 30.4 Å². The maximum atomic E-state index is 12.8. The van der Waals surface area contributed by atoms with E-state index in [-0.39, 0.29) is 5.91 Å². The zero-order valence-electron chi connectivity index (χ0n) is 26.6. The number of nitrogens with one attached hydrogen (secondary N) is 3. The van der Waals surface area contributed by atoms with Gasteiger partial charge >= 0.3 is 0 Å². The first-order valence-corrected chi connectivity index (χ1v) is 15.7. The first-order valence-electron chi connectivity index (χ1n) is 15.7. The lowest BCUT2D eigenvalue weighted by Crippen LogP contribution is -2.37. The highest BCUT2D eigenvalue weighted by Crippen LogP contribution is 2.32. The average molecular weight is 642 g/mol. The average Bonchev–Trinajstić information content (AvgIpc) is 3.11.